The molecule has 16 heavy (non-hydrogen) atoms. The molecule has 2 heterocycles. The molecule has 2 N–H and O–H groups in total. The third-order valence-corrected chi connectivity index (χ3v) is 3.16. The average molecular weight is 225 g/mol. The van der Waals surface area contributed by atoms with E-state index >= 15 is 0 Å². The number of hydrogen-bond donors (Lipinski definition) is 2. The Morgan fingerprint density at radius 1 is 1.50 bits per heavy atom. The predicted octanol–water partition coefficient (Wildman–Crippen LogP) is -2.09. The highest BCUT2D eigenvalue weighted by atomic mass is 16.2. The molecule has 1 atom stereocenters. The van der Waals surface area contributed by atoms with Gasteiger partial charge in [0.05, 0.1) is 6.54 Å². The molecule has 0 spiro atoms. The van der Waals surface area contributed by atoms with Crippen molar-refractivity contribution in [1.82, 2.24) is 20.9 Å². The van der Waals surface area contributed by atoms with E-state index in [0.29, 0.717) is 26.2 Å². The Balaban J connectivity index is 2.17. The van der Waals surface area contributed by atoms with E-state index in [1.54, 1.807) is 6.92 Å². The Hall–Kier alpha value is -0.980. The Bertz CT molecular complexity index is 299. The average Bonchev–Trinajstić information content (AvgIpc) is 2.30. The number of Topliss-reactive ketones (excluding diaryl/α,β-unsaturated/α-hetero) is 1. The van der Waals surface area contributed by atoms with Gasteiger partial charge < -0.3 is 10.6 Å². The Labute approximate surface area is 94.7 Å². The van der Waals surface area contributed by atoms with Gasteiger partial charge in [-0.05, 0) is 6.92 Å². The fourth-order valence-electron chi connectivity index (χ4n) is 2.26. The normalized spacial score (nSPS) is 32.2. The van der Waals surface area contributed by atoms with Gasteiger partial charge >= 0.3 is 0 Å². The lowest BCUT2D eigenvalue weighted by Gasteiger charge is -2.45. The largest absolute Gasteiger partial charge is 0.354 e. The monoisotopic (exact) mass is 225 g/mol. The van der Waals surface area contributed by atoms with Gasteiger partial charge in [-0.25, -0.2) is 5.32 Å². The summed E-state index contributed by atoms with van der Waals surface area (Å²) in [5.74, 6) is -0.0259. The fourth-order valence-corrected chi connectivity index (χ4v) is 2.26. The molecule has 6 heteroatoms. The van der Waals surface area contributed by atoms with Crippen molar-refractivity contribution in [1.29, 1.82) is 0 Å². The highest BCUT2D eigenvalue weighted by molar-refractivity contribution is 5.87. The van der Waals surface area contributed by atoms with E-state index in [9.17, 15) is 9.59 Å². The number of piperazine rings is 2. The molecule has 0 aromatic rings. The second-order valence-corrected chi connectivity index (χ2v) is 4.20. The summed E-state index contributed by atoms with van der Waals surface area (Å²) in [6.45, 7) is 5.00. The Kier molecular flexibility index (Phi) is 3.22. The van der Waals surface area contributed by atoms with Crippen LogP contribution in [0, 0.1) is 0 Å². The molecule has 0 aromatic heterocycles. The van der Waals surface area contributed by atoms with Gasteiger partial charge in [0.2, 0.25) is 5.91 Å². The summed E-state index contributed by atoms with van der Waals surface area (Å²) in [7, 11) is 0. The van der Waals surface area contributed by atoms with Crippen LogP contribution >= 0.6 is 0 Å². The lowest BCUT2D eigenvalue weighted by Crippen LogP contribution is -2.71. The van der Waals surface area contributed by atoms with Crippen LogP contribution < -0.4 is 16.0 Å². The van der Waals surface area contributed by atoms with Crippen LogP contribution in [0.25, 0.3) is 0 Å². The summed E-state index contributed by atoms with van der Waals surface area (Å²) >= 11 is 0. The van der Waals surface area contributed by atoms with Crippen molar-refractivity contribution in [2.45, 2.75) is 12.6 Å². The van der Waals surface area contributed by atoms with E-state index in [-0.39, 0.29) is 18.2 Å². The summed E-state index contributed by atoms with van der Waals surface area (Å²) in [5.41, 5.74) is -0.823. The number of nitrogens with one attached hydrogen (secondary N) is 2. The summed E-state index contributed by atoms with van der Waals surface area (Å²) in [4.78, 5) is 25.0. The van der Waals surface area contributed by atoms with Crippen molar-refractivity contribution < 1.29 is 9.59 Å². The SMILES string of the molecule is CC(=O)C1(N2CCNC(=O)C2)CNCC[N]1. The van der Waals surface area contributed by atoms with Crippen LogP contribution in [0.15, 0.2) is 0 Å². The molecule has 2 rings (SSSR count). The first-order chi connectivity index (χ1) is 7.65. The van der Waals surface area contributed by atoms with E-state index < -0.39 is 5.66 Å². The van der Waals surface area contributed by atoms with Gasteiger partial charge in [0.1, 0.15) is 0 Å². The van der Waals surface area contributed by atoms with Crippen LogP contribution in [0.3, 0.4) is 0 Å². The minimum Gasteiger partial charge on any atom is -0.354 e. The molecule has 1 amide bonds. The smallest absolute Gasteiger partial charge is 0.234 e. The van der Waals surface area contributed by atoms with Crippen molar-refractivity contribution in [2.75, 3.05) is 39.3 Å². The number of nitrogens with zero attached hydrogens (tertiary/aromatic N) is 2. The summed E-state index contributed by atoms with van der Waals surface area (Å²) in [6.07, 6.45) is 0. The maximum atomic E-state index is 11.8. The van der Waals surface area contributed by atoms with Gasteiger partial charge in [0, 0.05) is 32.7 Å². The minimum atomic E-state index is -0.823. The Morgan fingerprint density at radius 2 is 2.31 bits per heavy atom. The zero-order chi connectivity index (χ0) is 11.6. The summed E-state index contributed by atoms with van der Waals surface area (Å²) in [6, 6.07) is 0. The first-order valence-electron chi connectivity index (χ1n) is 5.57. The molecule has 0 saturated carbocycles. The molecule has 0 bridgehead atoms. The first-order valence-corrected chi connectivity index (χ1v) is 5.57. The van der Waals surface area contributed by atoms with E-state index in [0.717, 1.165) is 6.54 Å². The molecule has 89 valence electrons. The van der Waals surface area contributed by atoms with Crippen molar-refractivity contribution in [3.63, 3.8) is 0 Å². The number of carbonyl (C=O) groups excluding carboxylic acids is 2. The molecule has 2 aliphatic heterocycles. The third-order valence-electron chi connectivity index (χ3n) is 3.16. The molecule has 1 radical (unpaired) electrons. The quantitative estimate of drug-likeness (QED) is 0.565. The molecule has 2 saturated heterocycles. The molecular weight excluding hydrogens is 208 g/mol. The van der Waals surface area contributed by atoms with Crippen LogP contribution in [0.1, 0.15) is 6.92 Å². The number of amides is 1. The van der Waals surface area contributed by atoms with Crippen molar-refractivity contribution in [3.8, 4) is 0 Å². The molecule has 0 aliphatic carbocycles. The van der Waals surface area contributed by atoms with Gasteiger partial charge in [0.25, 0.3) is 0 Å². The van der Waals surface area contributed by atoms with Crippen molar-refractivity contribution in [3.05, 3.63) is 0 Å². The van der Waals surface area contributed by atoms with Crippen LogP contribution in [-0.4, -0.2) is 61.5 Å². The maximum Gasteiger partial charge on any atom is 0.234 e. The minimum absolute atomic E-state index is 0.00870. The van der Waals surface area contributed by atoms with E-state index in [1.807, 2.05) is 4.90 Å². The van der Waals surface area contributed by atoms with Crippen LogP contribution in [0.2, 0.25) is 0 Å². The molecular formula is C10H17N4O2. The second kappa shape index (κ2) is 4.48. The van der Waals surface area contributed by atoms with Gasteiger partial charge in [-0.2, -0.15) is 0 Å². The number of ketones is 1. The zero-order valence-electron chi connectivity index (χ0n) is 9.45. The predicted molar refractivity (Wildman–Crippen MR) is 57.9 cm³/mol. The van der Waals surface area contributed by atoms with Crippen molar-refractivity contribution >= 4 is 11.7 Å². The molecule has 6 nitrogen and oxygen atoms in total. The standard InChI is InChI=1S/C10H17N4O2/c1-8(15)10(7-11-2-3-13-10)14-5-4-12-9(16)6-14/h11H,2-7H2,1H3,(H,12,16). The third kappa shape index (κ3) is 1.95. The highest BCUT2D eigenvalue weighted by Gasteiger charge is 2.45. The van der Waals surface area contributed by atoms with Crippen LogP contribution in [-0.2, 0) is 9.59 Å². The first kappa shape index (κ1) is 11.5. The van der Waals surface area contributed by atoms with E-state index in [2.05, 4.69) is 16.0 Å². The van der Waals surface area contributed by atoms with E-state index in [4.69, 9.17) is 0 Å². The number of rotatable bonds is 2. The Morgan fingerprint density at radius 3 is 2.88 bits per heavy atom. The maximum absolute atomic E-state index is 11.8. The van der Waals surface area contributed by atoms with Crippen molar-refractivity contribution in [2.24, 2.45) is 0 Å². The summed E-state index contributed by atoms with van der Waals surface area (Å²) < 4.78 is 0. The van der Waals surface area contributed by atoms with Gasteiger partial charge in [-0.3, -0.25) is 14.5 Å². The van der Waals surface area contributed by atoms with Gasteiger partial charge in [-0.1, -0.05) is 0 Å². The summed E-state index contributed by atoms with van der Waals surface area (Å²) in [5, 5.41) is 10.4. The topological polar surface area (TPSA) is 75.5 Å². The fraction of sp³-hybridized carbons (Fsp3) is 0.800. The number of carbonyl (C=O) groups is 2. The number of hydrogen-bond acceptors (Lipinski definition) is 4. The highest BCUT2D eigenvalue weighted by Crippen LogP contribution is 2.17. The van der Waals surface area contributed by atoms with Crippen LogP contribution in [0.4, 0.5) is 0 Å². The molecule has 1 unspecified atom stereocenters. The second-order valence-electron chi connectivity index (χ2n) is 4.20. The zero-order valence-corrected chi connectivity index (χ0v) is 9.45. The van der Waals surface area contributed by atoms with Gasteiger partial charge in [-0.15, -0.1) is 0 Å². The van der Waals surface area contributed by atoms with Gasteiger partial charge in [0.15, 0.2) is 11.4 Å². The molecule has 0 aromatic carbocycles. The molecule has 2 fully saturated rings. The lowest BCUT2D eigenvalue weighted by molar-refractivity contribution is -0.138. The van der Waals surface area contributed by atoms with E-state index in [1.165, 1.54) is 0 Å². The lowest BCUT2D eigenvalue weighted by atomic mass is 10.00. The molecule has 2 aliphatic rings. The van der Waals surface area contributed by atoms with Crippen LogP contribution in [0.5, 0.6) is 0 Å².